The van der Waals surface area contributed by atoms with E-state index < -0.39 is 24.1 Å². The number of hydrogen-bond acceptors (Lipinski definition) is 3. The molecule has 1 fully saturated rings. The Bertz CT molecular complexity index is 511. The Labute approximate surface area is 120 Å². The summed E-state index contributed by atoms with van der Waals surface area (Å²) in [6, 6.07) is 3.21. The quantitative estimate of drug-likeness (QED) is 0.927. The summed E-state index contributed by atoms with van der Waals surface area (Å²) in [4.78, 5) is 14.0. The van der Waals surface area contributed by atoms with Crippen molar-refractivity contribution in [3.05, 3.63) is 29.6 Å². The summed E-state index contributed by atoms with van der Waals surface area (Å²) in [5.41, 5.74) is -0.0477. The van der Waals surface area contributed by atoms with Crippen LogP contribution in [0.4, 0.5) is 13.2 Å². The van der Waals surface area contributed by atoms with Crippen molar-refractivity contribution in [2.24, 2.45) is 0 Å². The van der Waals surface area contributed by atoms with Gasteiger partial charge in [-0.3, -0.25) is 4.79 Å². The van der Waals surface area contributed by atoms with E-state index in [4.69, 9.17) is 0 Å². The fraction of sp³-hybridized carbons (Fsp3) is 0.500. The molecule has 0 aromatic heterocycles. The van der Waals surface area contributed by atoms with E-state index in [2.05, 4.69) is 10.1 Å². The number of amides is 1. The van der Waals surface area contributed by atoms with Crippen molar-refractivity contribution in [2.45, 2.75) is 25.5 Å². The number of benzene rings is 1. The maximum atomic E-state index is 13.2. The second kappa shape index (κ2) is 6.80. The summed E-state index contributed by atoms with van der Waals surface area (Å²) in [6.07, 6.45) is 1.77. The van der Waals surface area contributed by atoms with Crippen LogP contribution in [0.5, 0.6) is 5.75 Å². The normalized spacial score (nSPS) is 18.9. The molecule has 0 saturated carbocycles. The van der Waals surface area contributed by atoms with E-state index in [1.54, 1.807) is 4.90 Å². The van der Waals surface area contributed by atoms with Gasteiger partial charge in [0, 0.05) is 25.2 Å². The third kappa shape index (κ3) is 3.87. The van der Waals surface area contributed by atoms with Gasteiger partial charge in [-0.05, 0) is 32.0 Å². The topological polar surface area (TPSA) is 41.6 Å². The maximum Gasteiger partial charge on any atom is 0.387 e. The minimum absolute atomic E-state index is 0.0477. The summed E-state index contributed by atoms with van der Waals surface area (Å²) in [6.45, 7) is -2.08. The molecule has 2 rings (SSSR count). The molecule has 1 aromatic carbocycles. The van der Waals surface area contributed by atoms with E-state index >= 15 is 0 Å². The molecule has 0 bridgehead atoms. The molecule has 0 aliphatic carbocycles. The lowest BCUT2D eigenvalue weighted by Crippen LogP contribution is -2.47. The molecule has 1 atom stereocenters. The van der Waals surface area contributed by atoms with E-state index in [-0.39, 0.29) is 11.6 Å². The number of carbonyl (C=O) groups is 1. The van der Waals surface area contributed by atoms with E-state index in [0.29, 0.717) is 13.1 Å². The van der Waals surface area contributed by atoms with Gasteiger partial charge >= 0.3 is 6.61 Å². The van der Waals surface area contributed by atoms with E-state index in [1.807, 2.05) is 7.05 Å². The van der Waals surface area contributed by atoms with Gasteiger partial charge in [0.05, 0.1) is 5.56 Å². The minimum Gasteiger partial charge on any atom is -0.434 e. The Morgan fingerprint density at radius 1 is 1.48 bits per heavy atom. The summed E-state index contributed by atoms with van der Waals surface area (Å²) < 4.78 is 42.2. The Balaban J connectivity index is 2.21. The zero-order valence-electron chi connectivity index (χ0n) is 11.6. The van der Waals surface area contributed by atoms with Gasteiger partial charge < -0.3 is 15.0 Å². The highest BCUT2D eigenvalue weighted by Gasteiger charge is 2.26. The van der Waals surface area contributed by atoms with Gasteiger partial charge in [-0.25, -0.2) is 4.39 Å². The molecular formula is C14H17F3N2O2. The molecule has 0 radical (unpaired) electrons. The number of halogens is 3. The number of likely N-dealkylation sites (tertiary alicyclic amines) is 1. The number of carbonyl (C=O) groups excluding carboxylic acids is 1. The van der Waals surface area contributed by atoms with Crippen molar-refractivity contribution in [1.82, 2.24) is 10.2 Å². The zero-order valence-corrected chi connectivity index (χ0v) is 11.6. The number of piperidine rings is 1. The molecule has 1 aliphatic heterocycles. The lowest BCUT2D eigenvalue weighted by atomic mass is 10.0. The first kappa shape index (κ1) is 15.6. The first-order valence-electron chi connectivity index (χ1n) is 6.72. The minimum atomic E-state index is -3.11. The van der Waals surface area contributed by atoms with Gasteiger partial charge in [0.1, 0.15) is 11.6 Å². The second-order valence-corrected chi connectivity index (χ2v) is 4.90. The zero-order chi connectivity index (χ0) is 15.4. The summed E-state index contributed by atoms with van der Waals surface area (Å²) in [7, 11) is 1.81. The SMILES string of the molecule is CNC1CCCN(C(=O)c2ccc(F)cc2OC(F)F)C1. The van der Waals surface area contributed by atoms with Crippen LogP contribution in [0, 0.1) is 5.82 Å². The van der Waals surface area contributed by atoms with Crippen molar-refractivity contribution in [2.75, 3.05) is 20.1 Å². The molecule has 21 heavy (non-hydrogen) atoms. The van der Waals surface area contributed by atoms with Crippen LogP contribution < -0.4 is 10.1 Å². The molecular weight excluding hydrogens is 285 g/mol. The van der Waals surface area contributed by atoms with Crippen LogP contribution in [-0.4, -0.2) is 43.6 Å². The molecule has 116 valence electrons. The molecule has 4 nitrogen and oxygen atoms in total. The molecule has 1 unspecified atom stereocenters. The van der Waals surface area contributed by atoms with Gasteiger partial charge in [0.25, 0.3) is 5.91 Å². The number of nitrogens with one attached hydrogen (secondary N) is 1. The van der Waals surface area contributed by atoms with Crippen molar-refractivity contribution < 1.29 is 22.7 Å². The summed E-state index contributed by atoms with van der Waals surface area (Å²) in [5.74, 6) is -1.58. The van der Waals surface area contributed by atoms with Gasteiger partial charge in [-0.15, -0.1) is 0 Å². The fourth-order valence-corrected chi connectivity index (χ4v) is 2.43. The van der Waals surface area contributed by atoms with Crippen LogP contribution >= 0.6 is 0 Å². The maximum absolute atomic E-state index is 13.2. The molecule has 1 aliphatic rings. The van der Waals surface area contributed by atoms with Crippen LogP contribution in [0.3, 0.4) is 0 Å². The third-order valence-corrected chi connectivity index (χ3v) is 3.51. The first-order chi connectivity index (χ1) is 10.0. The van der Waals surface area contributed by atoms with E-state index in [0.717, 1.165) is 25.0 Å². The lowest BCUT2D eigenvalue weighted by molar-refractivity contribution is -0.0504. The Hall–Kier alpha value is -1.76. The molecule has 0 spiro atoms. The highest BCUT2D eigenvalue weighted by Crippen LogP contribution is 2.25. The monoisotopic (exact) mass is 302 g/mol. The third-order valence-electron chi connectivity index (χ3n) is 3.51. The van der Waals surface area contributed by atoms with Crippen molar-refractivity contribution >= 4 is 5.91 Å². The number of nitrogens with zero attached hydrogens (tertiary/aromatic N) is 1. The smallest absolute Gasteiger partial charge is 0.387 e. The molecule has 1 amide bonds. The Morgan fingerprint density at radius 3 is 2.90 bits per heavy atom. The summed E-state index contributed by atoms with van der Waals surface area (Å²) >= 11 is 0. The average Bonchev–Trinajstić information content (AvgIpc) is 2.46. The molecule has 1 heterocycles. The fourth-order valence-electron chi connectivity index (χ4n) is 2.43. The highest BCUT2D eigenvalue weighted by atomic mass is 19.3. The predicted molar refractivity (Wildman–Crippen MR) is 71.0 cm³/mol. The number of hydrogen-bond donors (Lipinski definition) is 1. The van der Waals surface area contributed by atoms with Crippen LogP contribution in [0.15, 0.2) is 18.2 Å². The molecule has 7 heteroatoms. The van der Waals surface area contributed by atoms with Crippen LogP contribution in [0.25, 0.3) is 0 Å². The van der Waals surface area contributed by atoms with Crippen molar-refractivity contribution in [1.29, 1.82) is 0 Å². The molecule has 1 N–H and O–H groups in total. The van der Waals surface area contributed by atoms with Crippen molar-refractivity contribution in [3.8, 4) is 5.75 Å². The van der Waals surface area contributed by atoms with E-state index in [1.165, 1.54) is 6.07 Å². The number of ether oxygens (including phenoxy) is 1. The van der Waals surface area contributed by atoms with Crippen LogP contribution in [0.1, 0.15) is 23.2 Å². The van der Waals surface area contributed by atoms with E-state index in [9.17, 15) is 18.0 Å². The molecule has 1 aromatic rings. The number of rotatable bonds is 4. The van der Waals surface area contributed by atoms with Crippen molar-refractivity contribution in [3.63, 3.8) is 0 Å². The number of likely N-dealkylation sites (N-methyl/N-ethyl adjacent to an activating group) is 1. The van der Waals surface area contributed by atoms with Crippen LogP contribution in [-0.2, 0) is 0 Å². The average molecular weight is 302 g/mol. The van der Waals surface area contributed by atoms with Gasteiger partial charge in [0.15, 0.2) is 0 Å². The first-order valence-corrected chi connectivity index (χ1v) is 6.72. The van der Waals surface area contributed by atoms with Crippen LogP contribution in [0.2, 0.25) is 0 Å². The number of alkyl halides is 2. The highest BCUT2D eigenvalue weighted by molar-refractivity contribution is 5.97. The van der Waals surface area contributed by atoms with Gasteiger partial charge in [-0.1, -0.05) is 0 Å². The lowest BCUT2D eigenvalue weighted by Gasteiger charge is -2.32. The second-order valence-electron chi connectivity index (χ2n) is 4.90. The van der Waals surface area contributed by atoms with Gasteiger partial charge in [-0.2, -0.15) is 8.78 Å². The largest absolute Gasteiger partial charge is 0.434 e. The standard InChI is InChI=1S/C14H17F3N2O2/c1-18-10-3-2-6-19(8-10)13(20)11-5-4-9(15)7-12(11)21-14(16)17/h4-5,7,10,14,18H,2-3,6,8H2,1H3. The van der Waals surface area contributed by atoms with Gasteiger partial charge in [0.2, 0.25) is 0 Å². The molecule has 1 saturated heterocycles. The Kier molecular flexibility index (Phi) is 5.06. The predicted octanol–water partition coefficient (Wildman–Crippen LogP) is 2.25. The summed E-state index contributed by atoms with van der Waals surface area (Å²) in [5, 5.41) is 3.09. The Morgan fingerprint density at radius 2 is 2.24 bits per heavy atom.